The molecule has 13 heteroatoms. The molecular formula is C25H35NO12. The van der Waals surface area contributed by atoms with Crippen LogP contribution in [-0.4, -0.2) is 101 Å². The first kappa shape index (κ1) is 29.9. The molecule has 38 heavy (non-hydrogen) atoms. The van der Waals surface area contributed by atoms with E-state index in [4.69, 9.17) is 28.4 Å². The van der Waals surface area contributed by atoms with Crippen molar-refractivity contribution in [1.29, 1.82) is 0 Å². The van der Waals surface area contributed by atoms with E-state index >= 15 is 0 Å². The van der Waals surface area contributed by atoms with Gasteiger partial charge in [0.15, 0.2) is 24.8 Å². The highest BCUT2D eigenvalue weighted by Gasteiger charge is 2.53. The van der Waals surface area contributed by atoms with Crippen molar-refractivity contribution >= 4 is 17.8 Å². The Kier molecular flexibility index (Phi) is 10.6. The standard InChI is InChI=1S/C25H35NO12/c1-12-20(35-14(3)29)22(36-15(4)30)23(33-11-16-8-6-5-7-9-16)25(34-12)38-21-18(26-13(2)28)24(32)37-17(10-27)19(21)31/h5-9,12,17-25,27,31-32H,10-11H2,1-4H3,(H,26,28)/t12-,17+,18+,19+,20+,21+,22+,23-,24-,25-/m0/s1. The number of rotatable bonds is 9. The maximum absolute atomic E-state index is 12.1. The molecule has 1 aromatic carbocycles. The van der Waals surface area contributed by atoms with Gasteiger partial charge in [-0.15, -0.1) is 0 Å². The summed E-state index contributed by atoms with van der Waals surface area (Å²) < 4.78 is 34.4. The third-order valence-electron chi connectivity index (χ3n) is 6.15. The molecular weight excluding hydrogens is 506 g/mol. The zero-order valence-corrected chi connectivity index (χ0v) is 21.6. The molecule has 0 aromatic heterocycles. The fraction of sp³-hybridized carbons (Fsp3) is 0.640. The van der Waals surface area contributed by atoms with Crippen LogP contribution in [0.3, 0.4) is 0 Å². The number of ether oxygens (including phenoxy) is 6. The molecule has 4 N–H and O–H groups in total. The molecule has 2 saturated heterocycles. The Balaban J connectivity index is 1.96. The molecule has 3 rings (SSSR count). The highest BCUT2D eigenvalue weighted by molar-refractivity contribution is 5.73. The van der Waals surface area contributed by atoms with Crippen LogP contribution in [0.1, 0.15) is 33.3 Å². The Bertz CT molecular complexity index is 946. The largest absolute Gasteiger partial charge is 0.456 e. The van der Waals surface area contributed by atoms with Crippen molar-refractivity contribution in [3.63, 3.8) is 0 Å². The predicted octanol–water partition coefficient (Wildman–Crippen LogP) is -0.860. The smallest absolute Gasteiger partial charge is 0.303 e. The lowest BCUT2D eigenvalue weighted by atomic mass is 9.95. The summed E-state index contributed by atoms with van der Waals surface area (Å²) in [6.45, 7) is 4.55. The van der Waals surface area contributed by atoms with Gasteiger partial charge in [-0.3, -0.25) is 14.4 Å². The Morgan fingerprint density at radius 1 is 0.921 bits per heavy atom. The summed E-state index contributed by atoms with van der Waals surface area (Å²) in [5.74, 6) is -1.85. The van der Waals surface area contributed by atoms with E-state index in [2.05, 4.69) is 5.32 Å². The van der Waals surface area contributed by atoms with Gasteiger partial charge in [-0.05, 0) is 12.5 Å². The fourth-order valence-electron chi connectivity index (χ4n) is 4.49. The van der Waals surface area contributed by atoms with Crippen molar-refractivity contribution in [2.45, 2.75) is 95.7 Å². The van der Waals surface area contributed by atoms with E-state index in [9.17, 15) is 29.7 Å². The summed E-state index contributed by atoms with van der Waals surface area (Å²) in [7, 11) is 0. The summed E-state index contributed by atoms with van der Waals surface area (Å²) in [6, 6.07) is 7.82. The Hall–Kier alpha value is -2.65. The third-order valence-corrected chi connectivity index (χ3v) is 6.15. The van der Waals surface area contributed by atoms with Crippen LogP contribution in [0.4, 0.5) is 0 Å². The van der Waals surface area contributed by atoms with Gasteiger partial charge >= 0.3 is 11.9 Å². The molecule has 0 unspecified atom stereocenters. The second kappa shape index (κ2) is 13.4. The first-order valence-corrected chi connectivity index (χ1v) is 12.2. The SMILES string of the molecule is CC(=O)N[C@@H]1[C@@H](O[C@@H]2O[C@@H](C)[C@@H](OC(C)=O)[C@@H](OC(C)=O)[C@@H]2OCc2ccccc2)[C@H](O)[C@@H](CO)O[C@@H]1O. The van der Waals surface area contributed by atoms with Crippen LogP contribution < -0.4 is 5.32 Å². The molecule has 2 fully saturated rings. The van der Waals surface area contributed by atoms with Gasteiger partial charge in [0.05, 0.1) is 19.3 Å². The number of benzene rings is 1. The minimum Gasteiger partial charge on any atom is -0.456 e. The number of esters is 2. The van der Waals surface area contributed by atoms with Crippen LogP contribution in [0.2, 0.25) is 0 Å². The molecule has 0 spiro atoms. The van der Waals surface area contributed by atoms with Gasteiger partial charge in [-0.1, -0.05) is 30.3 Å². The molecule has 0 saturated carbocycles. The molecule has 212 valence electrons. The Morgan fingerprint density at radius 2 is 1.55 bits per heavy atom. The van der Waals surface area contributed by atoms with E-state index in [-0.39, 0.29) is 6.61 Å². The van der Waals surface area contributed by atoms with Gasteiger partial charge in [-0.25, -0.2) is 0 Å². The third kappa shape index (κ3) is 7.47. The molecule has 0 radical (unpaired) electrons. The van der Waals surface area contributed by atoms with Gasteiger partial charge in [0.1, 0.15) is 30.5 Å². The molecule has 10 atom stereocenters. The van der Waals surface area contributed by atoms with Crippen LogP contribution in [0, 0.1) is 0 Å². The molecule has 13 nitrogen and oxygen atoms in total. The molecule has 1 amide bonds. The number of nitrogens with one attached hydrogen (secondary N) is 1. The van der Waals surface area contributed by atoms with E-state index in [0.717, 1.165) is 5.56 Å². The van der Waals surface area contributed by atoms with Crippen LogP contribution in [0.15, 0.2) is 30.3 Å². The summed E-state index contributed by atoms with van der Waals surface area (Å²) in [5, 5.41) is 33.5. The quantitative estimate of drug-likeness (QED) is 0.285. The highest BCUT2D eigenvalue weighted by Crippen LogP contribution is 2.33. The molecule has 0 bridgehead atoms. The predicted molar refractivity (Wildman–Crippen MR) is 127 cm³/mol. The van der Waals surface area contributed by atoms with E-state index in [1.54, 1.807) is 6.92 Å². The van der Waals surface area contributed by atoms with Gasteiger partial charge in [0.2, 0.25) is 5.91 Å². The monoisotopic (exact) mass is 541 g/mol. The lowest BCUT2D eigenvalue weighted by molar-refractivity contribution is -0.344. The van der Waals surface area contributed by atoms with Gasteiger partial charge < -0.3 is 49.1 Å². The number of hydrogen-bond donors (Lipinski definition) is 4. The van der Waals surface area contributed by atoms with Crippen molar-refractivity contribution in [1.82, 2.24) is 5.32 Å². The summed E-state index contributed by atoms with van der Waals surface area (Å²) >= 11 is 0. The van der Waals surface area contributed by atoms with Crippen LogP contribution in [0.25, 0.3) is 0 Å². The highest BCUT2D eigenvalue weighted by atomic mass is 16.7. The van der Waals surface area contributed by atoms with Gasteiger partial charge in [-0.2, -0.15) is 0 Å². The maximum Gasteiger partial charge on any atom is 0.303 e. The van der Waals surface area contributed by atoms with Crippen molar-refractivity contribution < 1.29 is 58.1 Å². The van der Waals surface area contributed by atoms with Crippen molar-refractivity contribution in [2.24, 2.45) is 0 Å². The Morgan fingerprint density at radius 3 is 2.13 bits per heavy atom. The molecule has 2 heterocycles. The average Bonchev–Trinajstić information content (AvgIpc) is 2.85. The number of hydrogen-bond acceptors (Lipinski definition) is 12. The molecule has 2 aliphatic rings. The van der Waals surface area contributed by atoms with E-state index < -0.39 is 85.8 Å². The summed E-state index contributed by atoms with van der Waals surface area (Å²) in [6.07, 6.45) is -11.3. The van der Waals surface area contributed by atoms with E-state index in [0.29, 0.717) is 0 Å². The number of aliphatic hydroxyl groups is 3. The topological polar surface area (TPSA) is 179 Å². The van der Waals surface area contributed by atoms with Gasteiger partial charge in [0.25, 0.3) is 0 Å². The van der Waals surface area contributed by atoms with Crippen LogP contribution in [0.5, 0.6) is 0 Å². The number of carbonyl (C=O) groups excluding carboxylic acids is 3. The minimum absolute atomic E-state index is 0.0288. The zero-order chi connectivity index (χ0) is 28.0. The van der Waals surface area contributed by atoms with Crippen molar-refractivity contribution in [2.75, 3.05) is 6.61 Å². The first-order chi connectivity index (χ1) is 18.0. The zero-order valence-electron chi connectivity index (χ0n) is 21.6. The van der Waals surface area contributed by atoms with E-state index in [1.807, 2.05) is 30.3 Å². The number of aliphatic hydroxyl groups excluding tert-OH is 3. The van der Waals surface area contributed by atoms with Crippen molar-refractivity contribution in [3.8, 4) is 0 Å². The maximum atomic E-state index is 12.1. The molecule has 0 aliphatic carbocycles. The lowest BCUT2D eigenvalue weighted by Crippen LogP contribution is -2.68. The summed E-state index contributed by atoms with van der Waals surface area (Å²) in [4.78, 5) is 35.7. The number of amides is 1. The summed E-state index contributed by atoms with van der Waals surface area (Å²) in [5.41, 5.74) is 0.772. The lowest BCUT2D eigenvalue weighted by Gasteiger charge is -2.48. The molecule has 2 aliphatic heterocycles. The first-order valence-electron chi connectivity index (χ1n) is 12.2. The molecule has 1 aromatic rings. The fourth-order valence-corrected chi connectivity index (χ4v) is 4.49. The minimum atomic E-state index is -1.63. The normalized spacial score (nSPS) is 35.2. The van der Waals surface area contributed by atoms with Gasteiger partial charge in [0, 0.05) is 20.8 Å². The van der Waals surface area contributed by atoms with Crippen LogP contribution >= 0.6 is 0 Å². The van der Waals surface area contributed by atoms with Crippen molar-refractivity contribution in [3.05, 3.63) is 35.9 Å². The number of carbonyl (C=O) groups is 3. The average molecular weight is 542 g/mol. The second-order valence-electron chi connectivity index (χ2n) is 9.18. The second-order valence-corrected chi connectivity index (χ2v) is 9.18. The Labute approximate surface area is 219 Å². The van der Waals surface area contributed by atoms with E-state index in [1.165, 1.54) is 20.8 Å². The van der Waals surface area contributed by atoms with Crippen LogP contribution in [-0.2, 0) is 49.4 Å².